The van der Waals surface area contributed by atoms with Crippen molar-refractivity contribution >= 4 is 5.69 Å². The summed E-state index contributed by atoms with van der Waals surface area (Å²) in [5, 5.41) is 12.5. The largest absolute Gasteiger partial charge is 0.376 e. The van der Waals surface area contributed by atoms with Gasteiger partial charge in [0.2, 0.25) is 0 Å². The molecule has 2 saturated heterocycles. The maximum atomic E-state index is 14.9. The van der Waals surface area contributed by atoms with E-state index in [0.29, 0.717) is 17.9 Å². The van der Waals surface area contributed by atoms with Crippen LogP contribution in [0.25, 0.3) is 0 Å². The van der Waals surface area contributed by atoms with Gasteiger partial charge in [0.1, 0.15) is 11.9 Å². The van der Waals surface area contributed by atoms with Crippen molar-refractivity contribution in [3.8, 4) is 0 Å². The molecule has 2 atom stereocenters. The molecule has 2 fully saturated rings. The second-order valence-corrected chi connectivity index (χ2v) is 8.14. The Labute approximate surface area is 181 Å². The van der Waals surface area contributed by atoms with Crippen LogP contribution in [0.3, 0.4) is 0 Å². The molecular formula is C23H27FN6O. The highest BCUT2D eigenvalue weighted by molar-refractivity contribution is 5.46. The molecule has 0 spiro atoms. The zero-order chi connectivity index (χ0) is 21.0. The second-order valence-electron chi connectivity index (χ2n) is 8.14. The van der Waals surface area contributed by atoms with Crippen LogP contribution < -0.4 is 4.90 Å². The van der Waals surface area contributed by atoms with E-state index in [1.165, 1.54) is 11.8 Å². The lowest BCUT2D eigenvalue weighted by Gasteiger charge is -2.40. The summed E-state index contributed by atoms with van der Waals surface area (Å²) in [5.74, 6) is 0.443. The molecule has 1 aromatic heterocycles. The highest BCUT2D eigenvalue weighted by Crippen LogP contribution is 2.31. The number of rotatable bonds is 6. The van der Waals surface area contributed by atoms with Crippen LogP contribution in [0.1, 0.15) is 30.3 Å². The highest BCUT2D eigenvalue weighted by atomic mass is 19.1. The lowest BCUT2D eigenvalue weighted by atomic mass is 10.0. The van der Waals surface area contributed by atoms with E-state index in [1.54, 1.807) is 10.7 Å². The van der Waals surface area contributed by atoms with Gasteiger partial charge in [-0.2, -0.15) is 0 Å². The molecule has 0 aliphatic carbocycles. The number of piperazine rings is 1. The first-order valence-corrected chi connectivity index (χ1v) is 11.0. The molecule has 3 aromatic rings. The molecular weight excluding hydrogens is 395 g/mol. The summed E-state index contributed by atoms with van der Waals surface area (Å²) < 4.78 is 22.5. The summed E-state index contributed by atoms with van der Waals surface area (Å²) in [4.78, 5) is 4.65. The van der Waals surface area contributed by atoms with Crippen molar-refractivity contribution in [1.29, 1.82) is 0 Å². The molecule has 2 aliphatic heterocycles. The summed E-state index contributed by atoms with van der Waals surface area (Å²) in [7, 11) is 0. The maximum Gasteiger partial charge on any atom is 0.173 e. The normalized spacial score (nSPS) is 20.8. The lowest BCUT2D eigenvalue weighted by Crippen LogP contribution is -2.48. The average Bonchev–Trinajstić information content (AvgIpc) is 3.49. The van der Waals surface area contributed by atoms with Gasteiger partial charge in [0.25, 0.3) is 0 Å². The number of benzene rings is 2. The van der Waals surface area contributed by atoms with E-state index in [1.807, 2.05) is 18.2 Å². The zero-order valence-electron chi connectivity index (χ0n) is 17.5. The molecule has 0 radical (unpaired) electrons. The van der Waals surface area contributed by atoms with E-state index in [4.69, 9.17) is 4.74 Å². The van der Waals surface area contributed by atoms with Gasteiger partial charge >= 0.3 is 0 Å². The molecule has 0 unspecified atom stereocenters. The summed E-state index contributed by atoms with van der Waals surface area (Å²) in [6.07, 6.45) is 2.16. The Balaban J connectivity index is 1.42. The van der Waals surface area contributed by atoms with E-state index >= 15 is 0 Å². The van der Waals surface area contributed by atoms with Crippen LogP contribution in [0, 0.1) is 5.82 Å². The van der Waals surface area contributed by atoms with Crippen molar-refractivity contribution in [2.45, 2.75) is 31.5 Å². The average molecular weight is 423 g/mol. The Morgan fingerprint density at radius 1 is 1.00 bits per heavy atom. The first kappa shape index (κ1) is 20.1. The molecule has 2 aromatic carbocycles. The van der Waals surface area contributed by atoms with Gasteiger partial charge in [-0.1, -0.05) is 36.4 Å². The summed E-state index contributed by atoms with van der Waals surface area (Å²) in [5.41, 5.74) is 1.83. The molecule has 0 bridgehead atoms. The topological polar surface area (TPSA) is 59.3 Å². The van der Waals surface area contributed by atoms with Gasteiger partial charge in [-0.05, 0) is 41.5 Å². The fourth-order valence-corrected chi connectivity index (χ4v) is 4.59. The Morgan fingerprint density at radius 3 is 2.52 bits per heavy atom. The smallest absolute Gasteiger partial charge is 0.173 e. The number of hydrogen-bond donors (Lipinski definition) is 0. The quantitative estimate of drug-likeness (QED) is 0.609. The molecule has 5 rings (SSSR count). The maximum absolute atomic E-state index is 14.9. The van der Waals surface area contributed by atoms with Gasteiger partial charge in [0.05, 0.1) is 12.6 Å². The van der Waals surface area contributed by atoms with Crippen LogP contribution >= 0.6 is 0 Å². The van der Waals surface area contributed by atoms with Crippen LogP contribution in [-0.2, 0) is 11.3 Å². The predicted octanol–water partition coefficient (Wildman–Crippen LogP) is 2.90. The molecule has 3 heterocycles. The highest BCUT2D eigenvalue weighted by Gasteiger charge is 2.33. The van der Waals surface area contributed by atoms with Crippen LogP contribution in [-0.4, -0.2) is 64.0 Å². The molecule has 0 amide bonds. The molecule has 0 saturated carbocycles. The third-order valence-corrected chi connectivity index (χ3v) is 6.21. The van der Waals surface area contributed by atoms with E-state index < -0.39 is 0 Å². The molecule has 0 N–H and O–H groups in total. The van der Waals surface area contributed by atoms with Crippen LogP contribution in [0.4, 0.5) is 10.1 Å². The number of halogens is 1. The fourth-order valence-electron chi connectivity index (χ4n) is 4.59. The minimum absolute atomic E-state index is 0.110. The monoisotopic (exact) mass is 422 g/mol. The zero-order valence-corrected chi connectivity index (χ0v) is 17.5. The van der Waals surface area contributed by atoms with E-state index in [-0.39, 0.29) is 18.0 Å². The number of anilines is 1. The van der Waals surface area contributed by atoms with Crippen LogP contribution in [0.2, 0.25) is 0 Å². The molecule has 162 valence electrons. The Kier molecular flexibility index (Phi) is 5.90. The first-order valence-electron chi connectivity index (χ1n) is 11.0. The third-order valence-electron chi connectivity index (χ3n) is 6.21. The standard InChI is InChI=1S/C23H27FN6O/c24-21-11-5-4-10-20(21)22(23-25-26-27-30(23)17-19-9-6-16-31-19)29-14-12-28(13-15-29)18-7-2-1-3-8-18/h1-5,7-8,10-11,19,22H,6,9,12-17H2/t19-,22-/m1/s1. The van der Waals surface area contributed by atoms with Gasteiger partial charge in [0.15, 0.2) is 5.82 Å². The Bertz CT molecular complexity index is 982. The number of hydrogen-bond acceptors (Lipinski definition) is 6. The Morgan fingerprint density at radius 2 is 1.77 bits per heavy atom. The Hall–Kier alpha value is -2.84. The van der Waals surface area contributed by atoms with Gasteiger partial charge < -0.3 is 9.64 Å². The minimum Gasteiger partial charge on any atom is -0.376 e. The van der Waals surface area contributed by atoms with Crippen molar-refractivity contribution < 1.29 is 9.13 Å². The SMILES string of the molecule is Fc1ccccc1[C@H](c1nnnn1C[C@H]1CCCO1)N1CCN(c2ccccc2)CC1. The van der Waals surface area contributed by atoms with Crippen molar-refractivity contribution in [2.24, 2.45) is 0 Å². The number of nitrogens with zero attached hydrogens (tertiary/aromatic N) is 6. The number of tetrazole rings is 1. The van der Waals surface area contributed by atoms with E-state index in [0.717, 1.165) is 45.6 Å². The van der Waals surface area contributed by atoms with Crippen LogP contribution in [0.5, 0.6) is 0 Å². The molecule has 8 heteroatoms. The molecule has 7 nitrogen and oxygen atoms in total. The van der Waals surface area contributed by atoms with E-state index in [2.05, 4.69) is 49.6 Å². The number of ether oxygens (including phenoxy) is 1. The van der Waals surface area contributed by atoms with Gasteiger partial charge in [0, 0.05) is 44.0 Å². The first-order chi connectivity index (χ1) is 15.3. The van der Waals surface area contributed by atoms with Gasteiger partial charge in [-0.3, -0.25) is 4.90 Å². The number of aromatic nitrogens is 4. The summed E-state index contributed by atoms with van der Waals surface area (Å²) >= 11 is 0. The number of para-hydroxylation sites is 1. The molecule has 2 aliphatic rings. The van der Waals surface area contributed by atoms with Crippen LogP contribution in [0.15, 0.2) is 54.6 Å². The van der Waals surface area contributed by atoms with Crippen molar-refractivity contribution in [2.75, 3.05) is 37.7 Å². The second kappa shape index (κ2) is 9.11. The third kappa shape index (κ3) is 4.31. The summed E-state index contributed by atoms with van der Waals surface area (Å²) in [6.45, 7) is 4.68. The summed E-state index contributed by atoms with van der Waals surface area (Å²) in [6, 6.07) is 17.0. The molecule has 31 heavy (non-hydrogen) atoms. The van der Waals surface area contributed by atoms with Crippen molar-refractivity contribution in [3.05, 3.63) is 71.8 Å². The van der Waals surface area contributed by atoms with Crippen molar-refractivity contribution in [3.63, 3.8) is 0 Å². The van der Waals surface area contributed by atoms with Gasteiger partial charge in [-0.25, -0.2) is 9.07 Å². The van der Waals surface area contributed by atoms with Crippen molar-refractivity contribution in [1.82, 2.24) is 25.1 Å². The lowest BCUT2D eigenvalue weighted by molar-refractivity contribution is 0.0906. The minimum atomic E-state index is -0.337. The van der Waals surface area contributed by atoms with E-state index in [9.17, 15) is 4.39 Å². The predicted molar refractivity (Wildman–Crippen MR) is 115 cm³/mol. The van der Waals surface area contributed by atoms with Gasteiger partial charge in [-0.15, -0.1) is 5.10 Å². The fraction of sp³-hybridized carbons (Fsp3) is 0.435.